The van der Waals surface area contributed by atoms with Crippen molar-refractivity contribution < 1.29 is 51.4 Å². The Bertz CT molecular complexity index is 2520. The highest BCUT2D eigenvalue weighted by molar-refractivity contribution is 7.90. The molecule has 1 saturated heterocycles. The van der Waals surface area contributed by atoms with E-state index < -0.39 is 45.4 Å². The zero-order valence-electron chi connectivity index (χ0n) is 34.5. The van der Waals surface area contributed by atoms with E-state index in [2.05, 4.69) is 16.0 Å². The number of rotatable bonds is 19. The van der Waals surface area contributed by atoms with Gasteiger partial charge >= 0.3 is 0 Å². The minimum Gasteiger partial charge on any atom is -0.493 e. The Morgan fingerprint density at radius 3 is 2.47 bits per heavy atom. The van der Waals surface area contributed by atoms with Crippen molar-refractivity contribution in [1.82, 2.24) is 20.4 Å². The number of thiophene rings is 1. The monoisotopic (exact) mass is 885 g/mol. The molecule has 2 atom stereocenters. The minimum atomic E-state index is -3.69. The van der Waals surface area contributed by atoms with Crippen molar-refractivity contribution in [3.8, 4) is 17.2 Å². The molecule has 62 heavy (non-hydrogen) atoms. The summed E-state index contributed by atoms with van der Waals surface area (Å²) >= 11 is 1.44. The average molecular weight is 886 g/mol. The van der Waals surface area contributed by atoms with E-state index in [9.17, 15) is 37.2 Å². The molecule has 7 rings (SSSR count). The predicted octanol–water partition coefficient (Wildman–Crippen LogP) is 4.78. The maximum absolute atomic E-state index is 14.0. The number of fused-ring (bicyclic) bond motifs is 2. The summed E-state index contributed by atoms with van der Waals surface area (Å²) in [5, 5.41) is 10.3. The van der Waals surface area contributed by atoms with E-state index >= 15 is 0 Å². The lowest BCUT2D eigenvalue weighted by atomic mass is 10.0. The van der Waals surface area contributed by atoms with E-state index in [0.717, 1.165) is 27.2 Å². The molecule has 16 nitrogen and oxygen atoms in total. The number of sulfone groups is 1. The van der Waals surface area contributed by atoms with Crippen LogP contribution in [0, 0.1) is 0 Å². The van der Waals surface area contributed by atoms with Crippen LogP contribution in [0.25, 0.3) is 0 Å². The summed E-state index contributed by atoms with van der Waals surface area (Å²) in [4.78, 5) is 81.1. The van der Waals surface area contributed by atoms with Crippen LogP contribution in [-0.4, -0.2) is 92.0 Å². The number of imide groups is 2. The summed E-state index contributed by atoms with van der Waals surface area (Å²) in [5.41, 5.74) is 3.07. The fourth-order valence-electron chi connectivity index (χ4n) is 7.82. The Balaban J connectivity index is 0.867. The predicted molar refractivity (Wildman–Crippen MR) is 229 cm³/mol. The molecule has 1 unspecified atom stereocenters. The third-order valence-corrected chi connectivity index (χ3v) is 12.8. The molecule has 0 radical (unpaired) electrons. The number of methoxy groups -OCH3 is 1. The maximum Gasteiger partial charge on any atom is 0.264 e. The Morgan fingerprint density at radius 2 is 1.74 bits per heavy atom. The van der Waals surface area contributed by atoms with Crippen molar-refractivity contribution in [2.24, 2.45) is 0 Å². The highest BCUT2D eigenvalue weighted by Crippen LogP contribution is 2.39. The topological polar surface area (TPSA) is 207 Å². The Labute approximate surface area is 362 Å². The van der Waals surface area contributed by atoms with Crippen LogP contribution in [0.2, 0.25) is 0 Å². The lowest BCUT2D eigenvalue weighted by Gasteiger charge is -2.29. The molecule has 4 heterocycles. The Morgan fingerprint density at radius 1 is 0.952 bits per heavy atom. The number of nitrogens with one attached hydrogen (secondary N) is 3. The van der Waals surface area contributed by atoms with Crippen molar-refractivity contribution in [2.45, 2.75) is 70.8 Å². The van der Waals surface area contributed by atoms with Crippen LogP contribution in [0.5, 0.6) is 17.2 Å². The SMILES string of the molecule is CCOc1cc([C@@H](CS(C)(=O)=O)N2C(=O)c3cccc(NC(=O)CCCCNCc4ccc(OCc5scc6c5CN(C5CCC(=O)NC5=O)C6=O)cc4)c3C2=O)ccc1OC. The van der Waals surface area contributed by atoms with Gasteiger partial charge in [-0.1, -0.05) is 24.3 Å². The van der Waals surface area contributed by atoms with Gasteiger partial charge < -0.3 is 29.7 Å². The summed E-state index contributed by atoms with van der Waals surface area (Å²) in [7, 11) is -2.22. The molecule has 0 saturated carbocycles. The quantitative estimate of drug-likeness (QED) is 0.0860. The summed E-state index contributed by atoms with van der Waals surface area (Å²) in [6.45, 7) is 3.90. The fourth-order valence-corrected chi connectivity index (χ4v) is 9.69. The van der Waals surface area contributed by atoms with Crippen molar-refractivity contribution in [1.29, 1.82) is 0 Å². The normalized spacial score (nSPS) is 16.6. The van der Waals surface area contributed by atoms with Crippen LogP contribution in [-0.2, 0) is 43.9 Å². The van der Waals surface area contributed by atoms with Crippen LogP contribution < -0.4 is 30.2 Å². The molecule has 0 bridgehead atoms. The van der Waals surface area contributed by atoms with Gasteiger partial charge in [0, 0.05) is 48.0 Å². The number of hydrogen-bond acceptors (Lipinski definition) is 13. The van der Waals surface area contributed by atoms with Crippen LogP contribution in [0.3, 0.4) is 0 Å². The van der Waals surface area contributed by atoms with Crippen LogP contribution in [0.1, 0.15) is 97.7 Å². The number of ether oxygens (including phenoxy) is 3. The zero-order valence-corrected chi connectivity index (χ0v) is 36.1. The molecule has 3 N–H and O–H groups in total. The summed E-state index contributed by atoms with van der Waals surface area (Å²) in [6.07, 6.45) is 2.96. The molecule has 3 aliphatic heterocycles. The van der Waals surface area contributed by atoms with Crippen LogP contribution in [0.15, 0.2) is 66.0 Å². The molecule has 0 aliphatic carbocycles. The van der Waals surface area contributed by atoms with E-state index in [-0.39, 0.29) is 54.0 Å². The second-order valence-corrected chi connectivity index (χ2v) is 18.4. The molecule has 4 aromatic rings. The summed E-state index contributed by atoms with van der Waals surface area (Å²) in [6, 6.07) is 15.2. The molecule has 1 aromatic heterocycles. The lowest BCUT2D eigenvalue weighted by molar-refractivity contribution is -0.137. The van der Waals surface area contributed by atoms with Gasteiger partial charge in [-0.05, 0) is 80.3 Å². The number of hydrogen-bond donors (Lipinski definition) is 3. The van der Waals surface area contributed by atoms with Crippen molar-refractivity contribution >= 4 is 62.3 Å². The lowest BCUT2D eigenvalue weighted by Crippen LogP contribution is -2.52. The number of amides is 6. The number of piperidine rings is 1. The molecular formula is C44H47N5O11S2. The van der Waals surface area contributed by atoms with E-state index in [4.69, 9.17) is 14.2 Å². The second-order valence-electron chi connectivity index (χ2n) is 15.2. The van der Waals surface area contributed by atoms with Gasteiger partial charge in [-0.3, -0.25) is 39.0 Å². The van der Waals surface area contributed by atoms with Gasteiger partial charge in [-0.2, -0.15) is 0 Å². The standard InChI is InChI=1S/C44H47N5O11S2/c1-4-59-36-20-27(13-17-35(36)58-2)34(25-62(3,56)57)49-43(54)29-8-7-9-32(40(29)44(49)55)46-38(50)10-5-6-19-45-21-26-11-14-28(15-12-26)60-23-37-30-22-48(42(53)31(30)24-61-37)33-16-18-39(51)47-41(33)52/h7-9,11-15,17,20,24,33-34,45H,4-6,10,16,18-19,21-23,25H2,1-3H3,(H,46,50)(H,47,51,52)/t33?,34-/m1/s1. The fraction of sp³-hybridized carbons (Fsp3) is 0.364. The number of anilines is 1. The number of carbonyl (C=O) groups is 6. The number of unbranched alkanes of at least 4 members (excludes halogenated alkanes) is 1. The smallest absolute Gasteiger partial charge is 0.264 e. The molecular weight excluding hydrogens is 839 g/mol. The molecule has 326 valence electrons. The number of benzene rings is 3. The van der Waals surface area contributed by atoms with Gasteiger partial charge in [0.15, 0.2) is 11.5 Å². The van der Waals surface area contributed by atoms with Crippen LogP contribution in [0.4, 0.5) is 5.69 Å². The van der Waals surface area contributed by atoms with Gasteiger partial charge in [0.2, 0.25) is 17.7 Å². The number of carbonyl (C=O) groups excluding carboxylic acids is 6. The first-order valence-electron chi connectivity index (χ1n) is 20.2. The van der Waals surface area contributed by atoms with Crippen molar-refractivity contribution in [3.63, 3.8) is 0 Å². The van der Waals surface area contributed by atoms with Gasteiger partial charge in [-0.25, -0.2) is 8.42 Å². The largest absolute Gasteiger partial charge is 0.493 e. The molecule has 18 heteroatoms. The first-order chi connectivity index (χ1) is 29.8. The Hall–Kier alpha value is -6.11. The number of nitrogens with zero attached hydrogens (tertiary/aromatic N) is 2. The molecule has 0 spiro atoms. The van der Waals surface area contributed by atoms with Crippen LogP contribution >= 0.6 is 11.3 Å². The maximum atomic E-state index is 14.0. The van der Waals surface area contributed by atoms with E-state index in [1.54, 1.807) is 42.6 Å². The second kappa shape index (κ2) is 18.9. The third-order valence-electron chi connectivity index (χ3n) is 10.9. The average Bonchev–Trinajstić information content (AvgIpc) is 3.87. The first kappa shape index (κ1) is 44.0. The minimum absolute atomic E-state index is 0.00543. The highest BCUT2D eigenvalue weighted by atomic mass is 32.2. The first-order valence-corrected chi connectivity index (χ1v) is 23.2. The van der Waals surface area contributed by atoms with Crippen molar-refractivity contribution in [2.75, 3.05) is 37.6 Å². The highest BCUT2D eigenvalue weighted by Gasteiger charge is 2.44. The van der Waals surface area contributed by atoms with E-state index in [1.807, 2.05) is 24.3 Å². The summed E-state index contributed by atoms with van der Waals surface area (Å²) < 4.78 is 42.3. The zero-order chi connectivity index (χ0) is 44.1. The van der Waals surface area contributed by atoms with Crippen molar-refractivity contribution in [3.05, 3.63) is 104 Å². The van der Waals surface area contributed by atoms with Gasteiger partial charge in [0.1, 0.15) is 28.2 Å². The molecule has 1 fully saturated rings. The molecule has 6 amide bonds. The summed E-state index contributed by atoms with van der Waals surface area (Å²) in [5.74, 6) is -1.79. The van der Waals surface area contributed by atoms with Gasteiger partial charge in [-0.15, -0.1) is 11.3 Å². The third kappa shape index (κ3) is 9.66. The van der Waals surface area contributed by atoms with Gasteiger partial charge in [0.05, 0.1) is 47.9 Å². The molecule has 3 aromatic carbocycles. The van der Waals surface area contributed by atoms with E-state index in [1.165, 1.54) is 29.4 Å². The van der Waals surface area contributed by atoms with E-state index in [0.29, 0.717) is 73.9 Å². The molecule has 3 aliphatic rings. The Kier molecular flexibility index (Phi) is 13.4. The van der Waals surface area contributed by atoms with Gasteiger partial charge in [0.25, 0.3) is 17.7 Å².